The van der Waals surface area contributed by atoms with Crippen molar-refractivity contribution >= 4 is 28.1 Å². The highest BCUT2D eigenvalue weighted by Gasteiger charge is 2.21. The molecule has 2 N–H and O–H groups in total. The van der Waals surface area contributed by atoms with E-state index in [2.05, 4.69) is 15.3 Å². The van der Waals surface area contributed by atoms with Gasteiger partial charge in [0.2, 0.25) is 0 Å². The van der Waals surface area contributed by atoms with Gasteiger partial charge in [-0.15, -0.1) is 11.3 Å². The van der Waals surface area contributed by atoms with Gasteiger partial charge in [-0.2, -0.15) is 0 Å². The van der Waals surface area contributed by atoms with E-state index in [0.717, 1.165) is 53.8 Å². The largest absolute Gasteiger partial charge is 0.494 e. The molecule has 140 valence electrons. The monoisotopic (exact) mass is 382 g/mol. The van der Waals surface area contributed by atoms with E-state index in [1.54, 1.807) is 0 Å². The molecule has 0 saturated carbocycles. The van der Waals surface area contributed by atoms with Crippen molar-refractivity contribution in [2.45, 2.75) is 19.8 Å². The van der Waals surface area contributed by atoms with Gasteiger partial charge in [-0.1, -0.05) is 0 Å². The number of anilines is 2. The summed E-state index contributed by atoms with van der Waals surface area (Å²) in [4.78, 5) is 22.1. The Morgan fingerprint density at radius 2 is 2.07 bits per heavy atom. The number of amides is 1. The van der Waals surface area contributed by atoms with Gasteiger partial charge in [-0.3, -0.25) is 4.79 Å². The lowest BCUT2D eigenvalue weighted by molar-refractivity contribution is 0.0788. The second-order valence-corrected chi connectivity index (χ2v) is 7.28. The molecule has 0 bridgehead atoms. The van der Waals surface area contributed by atoms with Crippen LogP contribution in [0.2, 0.25) is 0 Å². The van der Waals surface area contributed by atoms with Crippen LogP contribution in [0.15, 0.2) is 41.9 Å². The number of H-pyrrole nitrogens is 1. The summed E-state index contributed by atoms with van der Waals surface area (Å²) in [6, 6.07) is 9.69. The zero-order valence-electron chi connectivity index (χ0n) is 15.2. The van der Waals surface area contributed by atoms with Crippen molar-refractivity contribution in [1.82, 2.24) is 14.9 Å². The van der Waals surface area contributed by atoms with E-state index in [4.69, 9.17) is 4.74 Å². The Morgan fingerprint density at radius 1 is 1.30 bits per heavy atom. The number of hydrogen-bond acceptors (Lipinski definition) is 5. The highest BCUT2D eigenvalue weighted by atomic mass is 32.1. The van der Waals surface area contributed by atoms with Crippen molar-refractivity contribution in [3.63, 3.8) is 0 Å². The molecule has 1 aliphatic rings. The fourth-order valence-corrected chi connectivity index (χ4v) is 3.88. The van der Waals surface area contributed by atoms with Gasteiger partial charge in [-0.05, 0) is 50.1 Å². The maximum atomic E-state index is 12.5. The van der Waals surface area contributed by atoms with Crippen LogP contribution in [0.5, 0.6) is 5.75 Å². The number of nitrogens with one attached hydrogen (secondary N) is 2. The van der Waals surface area contributed by atoms with E-state index < -0.39 is 0 Å². The van der Waals surface area contributed by atoms with Crippen LogP contribution in [-0.2, 0) is 0 Å². The predicted octanol–water partition coefficient (Wildman–Crippen LogP) is 4.52. The lowest BCUT2D eigenvalue weighted by atomic mass is 10.2. The van der Waals surface area contributed by atoms with Crippen molar-refractivity contribution in [3.8, 4) is 17.0 Å². The van der Waals surface area contributed by atoms with Gasteiger partial charge in [0.1, 0.15) is 11.4 Å². The maximum absolute atomic E-state index is 12.5. The molecule has 0 atom stereocenters. The fraction of sp³-hybridized carbons (Fsp3) is 0.300. The number of likely N-dealkylation sites (tertiary alicyclic amines) is 1. The van der Waals surface area contributed by atoms with Crippen LogP contribution in [0, 0.1) is 0 Å². The number of nitrogens with zero attached hydrogens (tertiary/aromatic N) is 2. The lowest BCUT2D eigenvalue weighted by Gasteiger charge is -2.13. The fourth-order valence-electron chi connectivity index (χ4n) is 3.14. The Bertz CT molecular complexity index is 910. The molecular weight excluding hydrogens is 360 g/mol. The lowest BCUT2D eigenvalue weighted by Crippen LogP contribution is -2.27. The average Bonchev–Trinajstić information content (AvgIpc) is 3.44. The van der Waals surface area contributed by atoms with Gasteiger partial charge in [-0.25, -0.2) is 4.98 Å². The van der Waals surface area contributed by atoms with Crippen LogP contribution in [0.25, 0.3) is 11.3 Å². The number of carbonyl (C=O) groups is 1. The van der Waals surface area contributed by atoms with Gasteiger partial charge in [0.05, 0.1) is 12.3 Å². The molecule has 1 aliphatic heterocycles. The molecule has 1 fully saturated rings. The summed E-state index contributed by atoms with van der Waals surface area (Å²) in [5.41, 5.74) is 3.36. The summed E-state index contributed by atoms with van der Waals surface area (Å²) < 4.78 is 5.46. The molecule has 3 heterocycles. The minimum absolute atomic E-state index is 0.0710. The molecule has 0 radical (unpaired) electrons. The number of benzene rings is 1. The van der Waals surface area contributed by atoms with E-state index in [-0.39, 0.29) is 5.91 Å². The molecule has 0 spiro atoms. The van der Waals surface area contributed by atoms with Gasteiger partial charge < -0.3 is 19.9 Å². The third-order valence-electron chi connectivity index (χ3n) is 4.52. The van der Waals surface area contributed by atoms with Crippen molar-refractivity contribution < 1.29 is 9.53 Å². The number of aromatic nitrogens is 2. The zero-order chi connectivity index (χ0) is 18.6. The molecule has 7 heteroatoms. The molecule has 0 aliphatic carbocycles. The first-order chi connectivity index (χ1) is 13.2. The first-order valence-corrected chi connectivity index (χ1v) is 10.0. The molecule has 4 rings (SSSR count). The van der Waals surface area contributed by atoms with Crippen molar-refractivity contribution in [2.75, 3.05) is 25.0 Å². The van der Waals surface area contributed by atoms with Gasteiger partial charge in [0, 0.05) is 35.9 Å². The van der Waals surface area contributed by atoms with Crippen molar-refractivity contribution in [3.05, 3.63) is 47.6 Å². The van der Waals surface area contributed by atoms with E-state index in [1.165, 1.54) is 11.3 Å². The van der Waals surface area contributed by atoms with Gasteiger partial charge in [0.15, 0.2) is 5.13 Å². The number of hydrogen-bond donors (Lipinski definition) is 2. The zero-order valence-corrected chi connectivity index (χ0v) is 16.0. The van der Waals surface area contributed by atoms with Gasteiger partial charge >= 0.3 is 0 Å². The van der Waals surface area contributed by atoms with Crippen molar-refractivity contribution in [2.24, 2.45) is 0 Å². The average molecular weight is 382 g/mol. The summed E-state index contributed by atoms with van der Waals surface area (Å²) in [5.74, 6) is 0.923. The van der Waals surface area contributed by atoms with E-state index in [9.17, 15) is 4.79 Å². The van der Waals surface area contributed by atoms with Crippen molar-refractivity contribution in [1.29, 1.82) is 0 Å². The normalized spacial score (nSPS) is 13.7. The Hall–Kier alpha value is -2.80. The summed E-state index contributed by atoms with van der Waals surface area (Å²) >= 11 is 1.53. The Labute approximate surface area is 162 Å². The molecule has 3 aromatic rings. The van der Waals surface area contributed by atoms with E-state index >= 15 is 0 Å². The molecule has 0 unspecified atom stereocenters. The molecule has 1 amide bonds. The van der Waals surface area contributed by atoms with E-state index in [0.29, 0.717) is 12.3 Å². The highest BCUT2D eigenvalue weighted by Crippen LogP contribution is 2.28. The summed E-state index contributed by atoms with van der Waals surface area (Å²) in [7, 11) is 0. The molecule has 2 aromatic heterocycles. The van der Waals surface area contributed by atoms with Crippen LogP contribution >= 0.6 is 11.3 Å². The van der Waals surface area contributed by atoms with Gasteiger partial charge in [0.25, 0.3) is 5.91 Å². The Kier molecular flexibility index (Phi) is 5.11. The topological polar surface area (TPSA) is 70.2 Å². The quantitative estimate of drug-likeness (QED) is 0.658. The first-order valence-electron chi connectivity index (χ1n) is 9.16. The third kappa shape index (κ3) is 3.98. The predicted molar refractivity (Wildman–Crippen MR) is 108 cm³/mol. The third-order valence-corrected chi connectivity index (χ3v) is 5.28. The molecule has 27 heavy (non-hydrogen) atoms. The number of rotatable bonds is 6. The number of thiazole rings is 1. The summed E-state index contributed by atoms with van der Waals surface area (Å²) in [6.45, 7) is 4.32. The molecular formula is C20H22N4O2S. The smallest absolute Gasteiger partial charge is 0.270 e. The molecule has 1 aromatic carbocycles. The summed E-state index contributed by atoms with van der Waals surface area (Å²) in [6.07, 6.45) is 4.02. The van der Waals surface area contributed by atoms with Crippen LogP contribution in [0.3, 0.4) is 0 Å². The molecule has 1 saturated heterocycles. The molecule has 6 nitrogen and oxygen atoms in total. The van der Waals surface area contributed by atoms with Crippen LogP contribution < -0.4 is 10.1 Å². The second kappa shape index (κ2) is 7.84. The highest BCUT2D eigenvalue weighted by molar-refractivity contribution is 7.14. The minimum atomic E-state index is 0.0710. The van der Waals surface area contributed by atoms with E-state index in [1.807, 2.05) is 53.7 Å². The van der Waals surface area contributed by atoms with Crippen LogP contribution in [0.1, 0.15) is 30.3 Å². The SMILES string of the molecule is CCOc1ccc(Nc2nc(-c3c[nH]c(C(=O)N4CCCC4)c3)cs2)cc1. The summed E-state index contributed by atoms with van der Waals surface area (Å²) in [5, 5.41) is 6.10. The van der Waals surface area contributed by atoms with Crippen LogP contribution in [-0.4, -0.2) is 40.5 Å². The Balaban J connectivity index is 1.44. The standard InChI is InChI=1S/C20H22N4O2S/c1-2-26-16-7-5-15(6-8-16)22-20-23-18(13-27-20)14-11-17(21-12-14)19(25)24-9-3-4-10-24/h5-8,11-13,21H,2-4,9-10H2,1H3,(H,22,23). The Morgan fingerprint density at radius 3 is 2.81 bits per heavy atom. The number of carbonyl (C=O) groups excluding carboxylic acids is 1. The maximum Gasteiger partial charge on any atom is 0.270 e. The van der Waals surface area contributed by atoms with Crippen LogP contribution in [0.4, 0.5) is 10.8 Å². The number of aromatic amines is 1. The minimum Gasteiger partial charge on any atom is -0.494 e. The first kappa shape index (κ1) is 17.6. The number of ether oxygens (including phenoxy) is 1. The second-order valence-electron chi connectivity index (χ2n) is 6.42.